The number of carbonyl (C=O) groups is 4. The third-order valence-electron chi connectivity index (χ3n) is 2.89. The Hall–Kier alpha value is -2.12. The number of carboxylic acids is 1. The molecule has 0 aromatic rings. The standard InChI is InChI=1S/C11H17N3O5/c1-11(2,9(17)18)3-4-12-7(15)6-14-8(16)5-13-10(14)19/h3-6H2,1-2H3,(H,12,15)(H,13,19)(H,17,18). The second-order valence-electron chi connectivity index (χ2n) is 4.93. The van der Waals surface area contributed by atoms with E-state index in [-0.39, 0.29) is 26.1 Å². The predicted octanol–water partition coefficient (Wildman–Crippen LogP) is -0.845. The fraction of sp³-hybridized carbons (Fsp3) is 0.636. The monoisotopic (exact) mass is 271 g/mol. The van der Waals surface area contributed by atoms with Gasteiger partial charge in [-0.3, -0.25) is 19.3 Å². The van der Waals surface area contributed by atoms with Crippen LogP contribution in [0.1, 0.15) is 20.3 Å². The highest BCUT2D eigenvalue weighted by Crippen LogP contribution is 2.19. The van der Waals surface area contributed by atoms with Crippen molar-refractivity contribution >= 4 is 23.8 Å². The molecule has 0 spiro atoms. The fourth-order valence-corrected chi connectivity index (χ4v) is 1.44. The first-order valence-electron chi connectivity index (χ1n) is 5.82. The molecule has 3 N–H and O–H groups in total. The van der Waals surface area contributed by atoms with Gasteiger partial charge in [-0.05, 0) is 20.3 Å². The number of amides is 4. The van der Waals surface area contributed by atoms with E-state index in [9.17, 15) is 19.2 Å². The Labute approximate surface area is 110 Å². The summed E-state index contributed by atoms with van der Waals surface area (Å²) in [6.45, 7) is 2.83. The van der Waals surface area contributed by atoms with Crippen molar-refractivity contribution < 1.29 is 24.3 Å². The van der Waals surface area contributed by atoms with Crippen LogP contribution in [0.25, 0.3) is 0 Å². The van der Waals surface area contributed by atoms with Crippen LogP contribution in [0.15, 0.2) is 0 Å². The maximum absolute atomic E-state index is 11.5. The highest BCUT2D eigenvalue weighted by atomic mass is 16.4. The number of hydrogen-bond acceptors (Lipinski definition) is 4. The molecule has 1 saturated heterocycles. The van der Waals surface area contributed by atoms with Gasteiger partial charge in [-0.25, -0.2) is 4.79 Å². The highest BCUT2D eigenvalue weighted by Gasteiger charge is 2.30. The molecule has 0 saturated carbocycles. The maximum Gasteiger partial charge on any atom is 0.325 e. The molecule has 1 heterocycles. The van der Waals surface area contributed by atoms with Crippen molar-refractivity contribution in [1.82, 2.24) is 15.5 Å². The molecule has 4 amide bonds. The number of aliphatic carboxylic acids is 1. The molecule has 1 fully saturated rings. The molecule has 0 unspecified atom stereocenters. The average Bonchev–Trinajstić information content (AvgIpc) is 2.60. The topological polar surface area (TPSA) is 116 Å². The van der Waals surface area contributed by atoms with E-state index in [2.05, 4.69) is 10.6 Å². The number of nitrogens with one attached hydrogen (secondary N) is 2. The average molecular weight is 271 g/mol. The molecule has 1 aliphatic heterocycles. The summed E-state index contributed by atoms with van der Waals surface area (Å²) in [6, 6.07) is -0.592. The minimum Gasteiger partial charge on any atom is -0.481 e. The highest BCUT2D eigenvalue weighted by molar-refractivity contribution is 6.04. The lowest BCUT2D eigenvalue weighted by Crippen LogP contribution is -2.42. The lowest BCUT2D eigenvalue weighted by Gasteiger charge is -2.19. The van der Waals surface area contributed by atoms with Gasteiger partial charge in [0.25, 0.3) is 5.91 Å². The number of nitrogens with zero attached hydrogens (tertiary/aromatic N) is 1. The second-order valence-corrected chi connectivity index (χ2v) is 4.93. The molecule has 1 aliphatic rings. The minimum absolute atomic E-state index is 0.0990. The lowest BCUT2D eigenvalue weighted by atomic mass is 9.90. The number of hydrogen-bond donors (Lipinski definition) is 3. The fourth-order valence-electron chi connectivity index (χ4n) is 1.44. The third kappa shape index (κ3) is 3.94. The molecule has 0 bridgehead atoms. The summed E-state index contributed by atoms with van der Waals surface area (Å²) in [5.74, 6) is -1.89. The van der Waals surface area contributed by atoms with Crippen LogP contribution in [0, 0.1) is 5.41 Å². The SMILES string of the molecule is CC(C)(CCNC(=O)CN1C(=O)CNC1=O)C(=O)O. The van der Waals surface area contributed by atoms with E-state index in [0.29, 0.717) is 0 Å². The van der Waals surface area contributed by atoms with Crippen LogP contribution < -0.4 is 10.6 Å². The van der Waals surface area contributed by atoms with E-state index in [1.807, 2.05) is 0 Å². The molecule has 0 aliphatic carbocycles. The van der Waals surface area contributed by atoms with Crippen molar-refractivity contribution in [3.63, 3.8) is 0 Å². The van der Waals surface area contributed by atoms with Crippen LogP contribution in [0.2, 0.25) is 0 Å². The Kier molecular flexibility index (Phi) is 4.47. The molecule has 8 nitrogen and oxygen atoms in total. The van der Waals surface area contributed by atoms with E-state index in [4.69, 9.17) is 5.11 Å². The van der Waals surface area contributed by atoms with Gasteiger partial charge >= 0.3 is 12.0 Å². The van der Waals surface area contributed by atoms with Crippen molar-refractivity contribution in [2.75, 3.05) is 19.6 Å². The zero-order valence-corrected chi connectivity index (χ0v) is 10.9. The van der Waals surface area contributed by atoms with E-state index < -0.39 is 29.2 Å². The summed E-state index contributed by atoms with van der Waals surface area (Å²) in [6.07, 6.45) is 0.258. The number of carboxylic acid groups (broad SMARTS) is 1. The predicted molar refractivity (Wildman–Crippen MR) is 64.2 cm³/mol. The zero-order chi connectivity index (χ0) is 14.6. The van der Waals surface area contributed by atoms with Crippen LogP contribution in [-0.2, 0) is 14.4 Å². The summed E-state index contributed by atoms with van der Waals surface area (Å²) in [5.41, 5.74) is -0.936. The van der Waals surface area contributed by atoms with Gasteiger partial charge in [-0.15, -0.1) is 0 Å². The van der Waals surface area contributed by atoms with Gasteiger partial charge < -0.3 is 15.7 Å². The molecule has 19 heavy (non-hydrogen) atoms. The largest absolute Gasteiger partial charge is 0.481 e. The Morgan fingerprint density at radius 1 is 1.42 bits per heavy atom. The van der Waals surface area contributed by atoms with Crippen molar-refractivity contribution in [2.24, 2.45) is 5.41 Å². The van der Waals surface area contributed by atoms with Crippen LogP contribution in [0.4, 0.5) is 4.79 Å². The molecule has 1 rings (SSSR count). The van der Waals surface area contributed by atoms with Gasteiger partial charge in [0.05, 0.1) is 12.0 Å². The van der Waals surface area contributed by atoms with Crippen molar-refractivity contribution in [3.05, 3.63) is 0 Å². The summed E-state index contributed by atoms with van der Waals surface area (Å²) in [4.78, 5) is 45.6. The quantitative estimate of drug-likeness (QED) is 0.544. The molecule has 0 atom stereocenters. The normalized spacial score (nSPS) is 15.4. The summed E-state index contributed by atoms with van der Waals surface area (Å²) in [5, 5.41) is 13.7. The Balaban J connectivity index is 2.35. The van der Waals surface area contributed by atoms with Crippen LogP contribution >= 0.6 is 0 Å². The Morgan fingerprint density at radius 3 is 2.53 bits per heavy atom. The summed E-state index contributed by atoms with van der Waals surface area (Å²) < 4.78 is 0. The number of rotatable bonds is 6. The lowest BCUT2D eigenvalue weighted by molar-refractivity contribution is -0.147. The summed E-state index contributed by atoms with van der Waals surface area (Å²) >= 11 is 0. The molecule has 0 aromatic heterocycles. The van der Waals surface area contributed by atoms with Crippen molar-refractivity contribution in [1.29, 1.82) is 0 Å². The van der Waals surface area contributed by atoms with Crippen molar-refractivity contribution in [2.45, 2.75) is 20.3 Å². The Morgan fingerprint density at radius 2 is 2.05 bits per heavy atom. The minimum atomic E-state index is -0.948. The summed E-state index contributed by atoms with van der Waals surface area (Å²) in [7, 11) is 0. The zero-order valence-electron chi connectivity index (χ0n) is 10.9. The van der Waals surface area contributed by atoms with E-state index in [1.165, 1.54) is 0 Å². The number of imide groups is 1. The molecule has 8 heteroatoms. The third-order valence-corrected chi connectivity index (χ3v) is 2.89. The van der Waals surface area contributed by atoms with E-state index in [0.717, 1.165) is 4.90 Å². The number of urea groups is 1. The van der Waals surface area contributed by atoms with Crippen LogP contribution in [0.5, 0.6) is 0 Å². The smallest absolute Gasteiger partial charge is 0.325 e. The Bertz CT molecular complexity index is 403. The second kappa shape index (κ2) is 5.68. The van der Waals surface area contributed by atoms with Crippen molar-refractivity contribution in [3.8, 4) is 0 Å². The molecule has 0 aromatic carbocycles. The van der Waals surface area contributed by atoms with Gasteiger partial charge in [0.15, 0.2) is 0 Å². The van der Waals surface area contributed by atoms with Gasteiger partial charge in [-0.2, -0.15) is 0 Å². The van der Waals surface area contributed by atoms with E-state index in [1.54, 1.807) is 13.8 Å². The first kappa shape index (κ1) is 14.9. The van der Waals surface area contributed by atoms with E-state index >= 15 is 0 Å². The maximum atomic E-state index is 11.5. The molecule has 0 radical (unpaired) electrons. The molecular formula is C11H17N3O5. The number of carbonyl (C=O) groups excluding carboxylic acids is 3. The molecule has 106 valence electrons. The first-order valence-corrected chi connectivity index (χ1v) is 5.82. The van der Waals surface area contributed by atoms with Gasteiger partial charge in [0, 0.05) is 6.54 Å². The van der Waals surface area contributed by atoms with Crippen LogP contribution in [-0.4, -0.2) is 53.5 Å². The van der Waals surface area contributed by atoms with Crippen LogP contribution in [0.3, 0.4) is 0 Å². The molecular weight excluding hydrogens is 254 g/mol. The van der Waals surface area contributed by atoms with Gasteiger partial charge in [-0.1, -0.05) is 0 Å². The van der Waals surface area contributed by atoms with Gasteiger partial charge in [0.1, 0.15) is 6.54 Å². The van der Waals surface area contributed by atoms with Gasteiger partial charge in [0.2, 0.25) is 5.91 Å². The first-order chi connectivity index (χ1) is 8.74.